The molecule has 0 saturated carbocycles. The lowest BCUT2D eigenvalue weighted by atomic mass is 9.99. The van der Waals surface area contributed by atoms with E-state index in [1.165, 1.54) is 12.8 Å². The van der Waals surface area contributed by atoms with E-state index < -0.39 is 0 Å². The lowest BCUT2D eigenvalue weighted by molar-refractivity contribution is 0.178. The van der Waals surface area contributed by atoms with Gasteiger partial charge in [0.05, 0.1) is 0 Å². The predicted molar refractivity (Wildman–Crippen MR) is 68.4 cm³/mol. The number of piperidine rings is 1. The molecule has 1 aliphatic heterocycles. The van der Waals surface area contributed by atoms with Crippen LogP contribution in [0.3, 0.4) is 0 Å². The number of nitrogens with zero attached hydrogens (tertiary/aromatic N) is 3. The minimum absolute atomic E-state index is 0.401. The molecular weight excluding hydrogens is 238 g/mol. The van der Waals surface area contributed by atoms with E-state index in [2.05, 4.69) is 21.8 Å². The molecule has 0 atom stereocenters. The first-order valence-corrected chi connectivity index (χ1v) is 6.34. The average Bonchev–Trinajstić information content (AvgIpc) is 2.29. The fourth-order valence-electron chi connectivity index (χ4n) is 2.04. The van der Waals surface area contributed by atoms with Gasteiger partial charge in [-0.15, -0.1) is 0 Å². The SMILES string of the molecule is COCc1nc(Cl)cc(N2CCC(C)CC2)n1. The smallest absolute Gasteiger partial charge is 0.158 e. The average molecular weight is 256 g/mol. The normalized spacial score (nSPS) is 17.5. The molecule has 2 heterocycles. The van der Waals surface area contributed by atoms with Crippen LogP contribution < -0.4 is 4.90 Å². The highest BCUT2D eigenvalue weighted by Gasteiger charge is 2.18. The van der Waals surface area contributed by atoms with E-state index in [1.54, 1.807) is 7.11 Å². The molecule has 1 fully saturated rings. The van der Waals surface area contributed by atoms with Crippen molar-refractivity contribution in [3.63, 3.8) is 0 Å². The van der Waals surface area contributed by atoms with Crippen molar-refractivity contribution in [3.8, 4) is 0 Å². The second-order valence-corrected chi connectivity index (χ2v) is 4.95. The second kappa shape index (κ2) is 5.65. The maximum atomic E-state index is 6.00. The molecular formula is C12H18ClN3O. The molecule has 1 aromatic rings. The molecule has 0 amide bonds. The molecule has 0 bridgehead atoms. The summed E-state index contributed by atoms with van der Waals surface area (Å²) < 4.78 is 5.04. The molecule has 5 heteroatoms. The Morgan fingerprint density at radius 2 is 2.12 bits per heavy atom. The van der Waals surface area contributed by atoms with Crippen molar-refractivity contribution in [3.05, 3.63) is 17.0 Å². The number of anilines is 1. The Balaban J connectivity index is 2.14. The molecule has 0 aliphatic carbocycles. The van der Waals surface area contributed by atoms with Crippen molar-refractivity contribution in [1.29, 1.82) is 0 Å². The van der Waals surface area contributed by atoms with Gasteiger partial charge in [-0.25, -0.2) is 9.97 Å². The first-order valence-electron chi connectivity index (χ1n) is 5.96. The molecule has 4 nitrogen and oxygen atoms in total. The molecule has 2 rings (SSSR count). The topological polar surface area (TPSA) is 38.2 Å². The van der Waals surface area contributed by atoms with Gasteiger partial charge in [0.1, 0.15) is 17.6 Å². The zero-order valence-corrected chi connectivity index (χ0v) is 11.1. The molecule has 0 spiro atoms. The summed E-state index contributed by atoms with van der Waals surface area (Å²) in [6.45, 7) is 4.78. The molecule has 0 unspecified atom stereocenters. The largest absolute Gasteiger partial charge is 0.377 e. The molecule has 17 heavy (non-hydrogen) atoms. The highest BCUT2D eigenvalue weighted by Crippen LogP contribution is 2.23. The van der Waals surface area contributed by atoms with E-state index in [0.717, 1.165) is 24.8 Å². The van der Waals surface area contributed by atoms with Gasteiger partial charge in [0.2, 0.25) is 0 Å². The zero-order chi connectivity index (χ0) is 12.3. The fourth-order valence-corrected chi connectivity index (χ4v) is 2.24. The molecule has 1 saturated heterocycles. The highest BCUT2D eigenvalue weighted by atomic mass is 35.5. The van der Waals surface area contributed by atoms with Crippen LogP contribution in [0.5, 0.6) is 0 Å². The molecule has 94 valence electrons. The quantitative estimate of drug-likeness (QED) is 0.778. The summed E-state index contributed by atoms with van der Waals surface area (Å²) in [7, 11) is 1.63. The maximum Gasteiger partial charge on any atom is 0.158 e. The molecule has 0 aromatic carbocycles. The summed E-state index contributed by atoms with van der Waals surface area (Å²) in [5.74, 6) is 2.37. The van der Waals surface area contributed by atoms with Crippen LogP contribution in [0.2, 0.25) is 5.15 Å². The number of methoxy groups -OCH3 is 1. The maximum absolute atomic E-state index is 6.00. The fraction of sp³-hybridized carbons (Fsp3) is 0.667. The van der Waals surface area contributed by atoms with Crippen LogP contribution in [0.15, 0.2) is 6.07 Å². The third-order valence-electron chi connectivity index (χ3n) is 3.11. The Hall–Kier alpha value is -0.870. The zero-order valence-electron chi connectivity index (χ0n) is 10.3. The van der Waals surface area contributed by atoms with Gasteiger partial charge in [0.25, 0.3) is 0 Å². The predicted octanol–water partition coefficient (Wildman–Crippen LogP) is 2.51. The second-order valence-electron chi connectivity index (χ2n) is 4.57. The summed E-state index contributed by atoms with van der Waals surface area (Å²) in [6.07, 6.45) is 2.42. The highest BCUT2D eigenvalue weighted by molar-refractivity contribution is 6.29. The number of halogens is 1. The van der Waals surface area contributed by atoms with Crippen LogP contribution in [0.4, 0.5) is 5.82 Å². The minimum Gasteiger partial charge on any atom is -0.377 e. The van der Waals surface area contributed by atoms with E-state index in [4.69, 9.17) is 16.3 Å². The summed E-state index contributed by atoms with van der Waals surface area (Å²) in [5.41, 5.74) is 0. The van der Waals surface area contributed by atoms with E-state index in [-0.39, 0.29) is 0 Å². The Labute approximate surface area is 107 Å². The number of aromatic nitrogens is 2. The molecule has 0 N–H and O–H groups in total. The van der Waals surface area contributed by atoms with Crippen molar-refractivity contribution in [2.45, 2.75) is 26.4 Å². The van der Waals surface area contributed by atoms with Crippen LogP contribution in [0.1, 0.15) is 25.6 Å². The number of hydrogen-bond acceptors (Lipinski definition) is 4. The number of ether oxygens (including phenoxy) is 1. The Morgan fingerprint density at radius 3 is 2.76 bits per heavy atom. The van der Waals surface area contributed by atoms with Crippen LogP contribution >= 0.6 is 11.6 Å². The monoisotopic (exact) mass is 255 g/mol. The van der Waals surface area contributed by atoms with Crippen LogP contribution in [-0.4, -0.2) is 30.2 Å². The van der Waals surface area contributed by atoms with Crippen molar-refractivity contribution in [2.24, 2.45) is 5.92 Å². The summed E-state index contributed by atoms with van der Waals surface area (Å²) in [4.78, 5) is 10.9. The standard InChI is InChI=1S/C12H18ClN3O/c1-9-3-5-16(6-4-9)12-7-10(13)14-11(15-12)8-17-2/h7,9H,3-6,8H2,1-2H3. The molecule has 1 aromatic heterocycles. The van der Waals surface area contributed by atoms with E-state index in [0.29, 0.717) is 17.6 Å². The first-order chi connectivity index (χ1) is 8.19. The Kier molecular flexibility index (Phi) is 4.18. The molecule has 0 radical (unpaired) electrons. The molecule has 1 aliphatic rings. The number of hydrogen-bond donors (Lipinski definition) is 0. The van der Waals surface area contributed by atoms with Crippen LogP contribution in [0, 0.1) is 5.92 Å². The van der Waals surface area contributed by atoms with E-state index >= 15 is 0 Å². The lowest BCUT2D eigenvalue weighted by Gasteiger charge is -2.31. The van der Waals surface area contributed by atoms with E-state index in [9.17, 15) is 0 Å². The Morgan fingerprint density at radius 1 is 1.41 bits per heavy atom. The van der Waals surface area contributed by atoms with Gasteiger partial charge in [-0.2, -0.15) is 0 Å². The van der Waals surface area contributed by atoms with Crippen molar-refractivity contribution in [1.82, 2.24) is 9.97 Å². The van der Waals surface area contributed by atoms with Crippen molar-refractivity contribution >= 4 is 17.4 Å². The van der Waals surface area contributed by atoms with Gasteiger partial charge in [-0.3, -0.25) is 0 Å². The van der Waals surface area contributed by atoms with Crippen LogP contribution in [-0.2, 0) is 11.3 Å². The summed E-state index contributed by atoms with van der Waals surface area (Å²) >= 11 is 6.00. The Bertz CT molecular complexity index is 378. The minimum atomic E-state index is 0.401. The van der Waals surface area contributed by atoms with E-state index in [1.807, 2.05) is 6.07 Å². The van der Waals surface area contributed by atoms with Crippen molar-refractivity contribution < 1.29 is 4.74 Å². The third kappa shape index (κ3) is 3.30. The third-order valence-corrected chi connectivity index (χ3v) is 3.30. The van der Waals surface area contributed by atoms with Crippen LogP contribution in [0.25, 0.3) is 0 Å². The number of rotatable bonds is 3. The van der Waals surface area contributed by atoms with Gasteiger partial charge in [0, 0.05) is 26.3 Å². The summed E-state index contributed by atoms with van der Waals surface area (Å²) in [5, 5.41) is 0.487. The van der Waals surface area contributed by atoms with Gasteiger partial charge < -0.3 is 9.64 Å². The van der Waals surface area contributed by atoms with Gasteiger partial charge >= 0.3 is 0 Å². The van der Waals surface area contributed by atoms with Gasteiger partial charge in [-0.1, -0.05) is 18.5 Å². The van der Waals surface area contributed by atoms with Gasteiger partial charge in [-0.05, 0) is 18.8 Å². The summed E-state index contributed by atoms with van der Waals surface area (Å²) in [6, 6.07) is 1.83. The van der Waals surface area contributed by atoms with Crippen molar-refractivity contribution in [2.75, 3.05) is 25.1 Å². The lowest BCUT2D eigenvalue weighted by Crippen LogP contribution is -2.33. The van der Waals surface area contributed by atoms with Gasteiger partial charge in [0.15, 0.2) is 5.82 Å². The first kappa shape index (κ1) is 12.6.